The van der Waals surface area contributed by atoms with E-state index in [0.29, 0.717) is 24.6 Å². The Morgan fingerprint density at radius 3 is 2.84 bits per heavy atom. The zero-order chi connectivity index (χ0) is 13.5. The SMILES string of the molecule is CC1(C(=O)NCC2CC2)CCN1C(=O)c1ccco1. The molecule has 3 rings (SSSR count). The van der Waals surface area contributed by atoms with E-state index in [9.17, 15) is 9.59 Å². The van der Waals surface area contributed by atoms with E-state index in [2.05, 4.69) is 5.32 Å². The second kappa shape index (κ2) is 4.40. The molecule has 1 atom stereocenters. The second-order valence-corrected chi connectivity index (χ2v) is 5.61. The number of hydrogen-bond donors (Lipinski definition) is 1. The van der Waals surface area contributed by atoms with Crippen molar-refractivity contribution in [3.05, 3.63) is 24.2 Å². The molecule has 0 radical (unpaired) electrons. The van der Waals surface area contributed by atoms with Gasteiger partial charge in [-0.1, -0.05) is 0 Å². The Hall–Kier alpha value is -1.78. The second-order valence-electron chi connectivity index (χ2n) is 5.61. The summed E-state index contributed by atoms with van der Waals surface area (Å²) in [7, 11) is 0. The summed E-state index contributed by atoms with van der Waals surface area (Å²) in [4.78, 5) is 26.0. The summed E-state index contributed by atoms with van der Waals surface area (Å²) in [6.07, 6.45) is 4.57. The van der Waals surface area contributed by atoms with E-state index in [4.69, 9.17) is 4.42 Å². The predicted octanol–water partition coefficient (Wildman–Crippen LogP) is 1.41. The molecule has 1 aliphatic carbocycles. The fourth-order valence-corrected chi connectivity index (χ4v) is 2.40. The molecule has 1 unspecified atom stereocenters. The highest BCUT2D eigenvalue weighted by Crippen LogP contribution is 2.33. The first-order valence-electron chi connectivity index (χ1n) is 6.75. The van der Waals surface area contributed by atoms with Gasteiger partial charge in [-0.05, 0) is 44.2 Å². The lowest BCUT2D eigenvalue weighted by molar-refractivity contribution is -0.137. The zero-order valence-corrected chi connectivity index (χ0v) is 11.0. The highest BCUT2D eigenvalue weighted by molar-refractivity contribution is 5.98. The average molecular weight is 262 g/mol. The Kier molecular flexibility index (Phi) is 2.84. The molecule has 1 aromatic heterocycles. The molecular weight excluding hydrogens is 244 g/mol. The van der Waals surface area contributed by atoms with Crippen LogP contribution < -0.4 is 5.32 Å². The van der Waals surface area contributed by atoms with E-state index in [1.807, 2.05) is 6.92 Å². The number of furan rings is 1. The quantitative estimate of drug-likeness (QED) is 0.892. The Bertz CT molecular complexity index is 493. The lowest BCUT2D eigenvalue weighted by Gasteiger charge is -2.48. The normalized spacial score (nSPS) is 25.8. The molecule has 1 aromatic rings. The largest absolute Gasteiger partial charge is 0.459 e. The van der Waals surface area contributed by atoms with Crippen LogP contribution in [0.25, 0.3) is 0 Å². The third kappa shape index (κ3) is 2.13. The minimum atomic E-state index is -0.723. The summed E-state index contributed by atoms with van der Waals surface area (Å²) in [6.45, 7) is 3.16. The highest BCUT2D eigenvalue weighted by Gasteiger charge is 2.50. The molecule has 0 bridgehead atoms. The molecule has 1 aliphatic heterocycles. The molecule has 5 nitrogen and oxygen atoms in total. The van der Waals surface area contributed by atoms with Crippen LogP contribution in [0, 0.1) is 5.92 Å². The minimum Gasteiger partial charge on any atom is -0.459 e. The standard InChI is InChI=1S/C14H18N2O3/c1-14(13(18)15-9-10-4-5-10)6-7-16(14)12(17)11-3-2-8-19-11/h2-3,8,10H,4-7,9H2,1H3,(H,15,18). The van der Waals surface area contributed by atoms with Crippen molar-refractivity contribution >= 4 is 11.8 Å². The highest BCUT2D eigenvalue weighted by atomic mass is 16.3. The molecule has 0 spiro atoms. The molecule has 2 fully saturated rings. The average Bonchev–Trinajstić information content (AvgIpc) is 3.05. The van der Waals surface area contributed by atoms with Gasteiger partial charge in [0, 0.05) is 13.1 Å². The van der Waals surface area contributed by atoms with Crippen molar-refractivity contribution in [3.8, 4) is 0 Å². The van der Waals surface area contributed by atoms with E-state index >= 15 is 0 Å². The van der Waals surface area contributed by atoms with Crippen molar-refractivity contribution in [1.82, 2.24) is 10.2 Å². The number of carbonyl (C=O) groups is 2. The monoisotopic (exact) mass is 262 g/mol. The first-order chi connectivity index (χ1) is 9.11. The summed E-state index contributed by atoms with van der Waals surface area (Å²) in [6, 6.07) is 3.31. The summed E-state index contributed by atoms with van der Waals surface area (Å²) in [5.74, 6) is 0.675. The fourth-order valence-electron chi connectivity index (χ4n) is 2.40. The summed E-state index contributed by atoms with van der Waals surface area (Å²) in [5, 5.41) is 2.95. The zero-order valence-electron chi connectivity index (χ0n) is 11.0. The number of likely N-dealkylation sites (tertiary alicyclic amines) is 1. The van der Waals surface area contributed by atoms with E-state index in [1.54, 1.807) is 17.0 Å². The Labute approximate surface area is 111 Å². The van der Waals surface area contributed by atoms with E-state index in [1.165, 1.54) is 19.1 Å². The number of carbonyl (C=O) groups excluding carboxylic acids is 2. The van der Waals surface area contributed by atoms with Gasteiger partial charge in [-0.3, -0.25) is 9.59 Å². The Morgan fingerprint density at radius 1 is 1.53 bits per heavy atom. The van der Waals surface area contributed by atoms with Gasteiger partial charge in [0.05, 0.1) is 6.26 Å². The van der Waals surface area contributed by atoms with Gasteiger partial charge in [0.25, 0.3) is 5.91 Å². The summed E-state index contributed by atoms with van der Waals surface area (Å²) < 4.78 is 5.11. The molecule has 1 saturated heterocycles. The van der Waals surface area contributed by atoms with Gasteiger partial charge in [-0.15, -0.1) is 0 Å². The minimum absolute atomic E-state index is 0.0504. The Balaban J connectivity index is 1.66. The van der Waals surface area contributed by atoms with Gasteiger partial charge in [0.15, 0.2) is 5.76 Å². The molecule has 19 heavy (non-hydrogen) atoms. The number of rotatable bonds is 4. The molecule has 5 heteroatoms. The molecule has 1 saturated carbocycles. The number of nitrogens with zero attached hydrogens (tertiary/aromatic N) is 1. The van der Waals surface area contributed by atoms with E-state index in [0.717, 1.165) is 6.54 Å². The van der Waals surface area contributed by atoms with Crippen LogP contribution >= 0.6 is 0 Å². The maximum Gasteiger partial charge on any atom is 0.290 e. The molecule has 102 valence electrons. The lowest BCUT2D eigenvalue weighted by atomic mass is 9.85. The predicted molar refractivity (Wildman–Crippen MR) is 68.5 cm³/mol. The maximum absolute atomic E-state index is 12.2. The van der Waals surface area contributed by atoms with Crippen LogP contribution in [-0.4, -0.2) is 35.3 Å². The third-order valence-corrected chi connectivity index (χ3v) is 4.13. The number of hydrogen-bond acceptors (Lipinski definition) is 3. The van der Waals surface area contributed by atoms with Crippen molar-refractivity contribution in [3.63, 3.8) is 0 Å². The Morgan fingerprint density at radius 2 is 2.32 bits per heavy atom. The third-order valence-electron chi connectivity index (χ3n) is 4.13. The van der Waals surface area contributed by atoms with Gasteiger partial charge < -0.3 is 14.6 Å². The van der Waals surface area contributed by atoms with Gasteiger partial charge in [0.1, 0.15) is 5.54 Å². The van der Waals surface area contributed by atoms with Crippen LogP contribution in [0.1, 0.15) is 36.7 Å². The number of nitrogens with one attached hydrogen (secondary N) is 1. The van der Waals surface area contributed by atoms with Crippen molar-refractivity contribution in [2.75, 3.05) is 13.1 Å². The van der Waals surface area contributed by atoms with Crippen molar-refractivity contribution < 1.29 is 14.0 Å². The summed E-state index contributed by atoms with van der Waals surface area (Å²) >= 11 is 0. The molecule has 2 heterocycles. The molecule has 2 aliphatic rings. The number of amides is 2. The van der Waals surface area contributed by atoms with Gasteiger partial charge >= 0.3 is 0 Å². The maximum atomic E-state index is 12.2. The molecule has 2 amide bonds. The van der Waals surface area contributed by atoms with Gasteiger partial charge in [-0.25, -0.2) is 0 Å². The van der Waals surface area contributed by atoms with E-state index < -0.39 is 5.54 Å². The smallest absolute Gasteiger partial charge is 0.290 e. The van der Waals surface area contributed by atoms with Crippen LogP contribution in [0.4, 0.5) is 0 Å². The fraction of sp³-hybridized carbons (Fsp3) is 0.571. The van der Waals surface area contributed by atoms with Crippen LogP contribution in [0.15, 0.2) is 22.8 Å². The molecule has 1 N–H and O–H groups in total. The van der Waals surface area contributed by atoms with Crippen molar-refractivity contribution in [1.29, 1.82) is 0 Å². The van der Waals surface area contributed by atoms with Crippen molar-refractivity contribution in [2.45, 2.75) is 31.7 Å². The van der Waals surface area contributed by atoms with Crippen LogP contribution in [0.3, 0.4) is 0 Å². The van der Waals surface area contributed by atoms with Crippen LogP contribution in [0.2, 0.25) is 0 Å². The van der Waals surface area contributed by atoms with Crippen LogP contribution in [0.5, 0.6) is 0 Å². The van der Waals surface area contributed by atoms with Crippen LogP contribution in [-0.2, 0) is 4.79 Å². The first kappa shape index (κ1) is 12.3. The van der Waals surface area contributed by atoms with Gasteiger partial charge in [-0.2, -0.15) is 0 Å². The lowest BCUT2D eigenvalue weighted by Crippen LogP contribution is -2.67. The first-order valence-corrected chi connectivity index (χ1v) is 6.75. The van der Waals surface area contributed by atoms with Crippen molar-refractivity contribution in [2.24, 2.45) is 5.92 Å². The van der Waals surface area contributed by atoms with E-state index in [-0.39, 0.29) is 11.8 Å². The topological polar surface area (TPSA) is 62.6 Å². The summed E-state index contributed by atoms with van der Waals surface area (Å²) in [5.41, 5.74) is -0.723. The molecule has 0 aromatic carbocycles. The van der Waals surface area contributed by atoms with Gasteiger partial charge in [0.2, 0.25) is 5.91 Å². The molecular formula is C14H18N2O3.